The van der Waals surface area contributed by atoms with E-state index in [0.717, 1.165) is 48.0 Å². The van der Waals surface area contributed by atoms with E-state index >= 15 is 0 Å². The zero-order valence-corrected chi connectivity index (χ0v) is 20.0. The largest absolute Gasteiger partial charge is 0.351 e. The number of alkyl halides is 1. The maximum Gasteiger partial charge on any atom is 0.275 e. The van der Waals surface area contributed by atoms with Gasteiger partial charge >= 0.3 is 0 Å². The van der Waals surface area contributed by atoms with Gasteiger partial charge in [0.05, 0.1) is 23.4 Å². The number of nitrogens with zero attached hydrogens (tertiary/aromatic N) is 2. The van der Waals surface area contributed by atoms with Gasteiger partial charge in [-0.15, -0.1) is 11.3 Å². The molecule has 2 amide bonds. The normalized spacial score (nSPS) is 25.3. The first-order valence-electron chi connectivity index (χ1n) is 11.8. The smallest absolute Gasteiger partial charge is 0.275 e. The zero-order chi connectivity index (χ0) is 23.2. The summed E-state index contributed by atoms with van der Waals surface area (Å²) >= 11 is 1.60. The number of hydrogen-bond donors (Lipinski definition) is 1. The summed E-state index contributed by atoms with van der Waals surface area (Å²) in [7, 11) is 0. The summed E-state index contributed by atoms with van der Waals surface area (Å²) in [5, 5.41) is 5.23. The molecule has 1 saturated carbocycles. The van der Waals surface area contributed by atoms with E-state index in [0.29, 0.717) is 12.2 Å². The maximum atomic E-state index is 13.8. The van der Waals surface area contributed by atoms with E-state index in [-0.39, 0.29) is 30.4 Å². The standard InChI is InChI=1S/C26H30FN3O2S/c1-3-17-6-10-20(11-7-17)30-24(31)22-14-23-21(12-13-33-23)29(22)16-26(30,2)25(32)28-19-8-4-18(15-27)5-9-19/h6-7,10-14,18-19H,3-5,8-9,15-16H2,1-2H3,(H,28,32). The Morgan fingerprint density at radius 3 is 2.58 bits per heavy atom. The molecule has 1 aromatic carbocycles. The number of benzene rings is 1. The second kappa shape index (κ2) is 8.60. The number of thiophene rings is 1. The van der Waals surface area contributed by atoms with Gasteiger partial charge in [0.2, 0.25) is 5.91 Å². The molecule has 3 heterocycles. The average Bonchev–Trinajstić information content (AvgIpc) is 3.42. The number of aromatic nitrogens is 1. The molecule has 1 aliphatic heterocycles. The molecule has 174 valence electrons. The lowest BCUT2D eigenvalue weighted by Crippen LogP contribution is -2.65. The highest BCUT2D eigenvalue weighted by atomic mass is 32.1. The first-order valence-corrected chi connectivity index (χ1v) is 12.7. The highest BCUT2D eigenvalue weighted by molar-refractivity contribution is 7.17. The second-order valence-electron chi connectivity index (χ2n) is 9.57. The molecule has 7 heteroatoms. The minimum atomic E-state index is -1.08. The zero-order valence-electron chi connectivity index (χ0n) is 19.1. The number of amides is 2. The Morgan fingerprint density at radius 1 is 1.18 bits per heavy atom. The van der Waals surface area contributed by atoms with Crippen molar-refractivity contribution in [1.29, 1.82) is 0 Å². The third-order valence-corrected chi connectivity index (χ3v) is 8.25. The predicted octanol–water partition coefficient (Wildman–Crippen LogP) is 5.33. The van der Waals surface area contributed by atoms with Gasteiger partial charge in [-0.2, -0.15) is 0 Å². The fraction of sp³-hybridized carbons (Fsp3) is 0.462. The van der Waals surface area contributed by atoms with E-state index < -0.39 is 5.54 Å². The van der Waals surface area contributed by atoms with Crippen molar-refractivity contribution in [1.82, 2.24) is 9.88 Å². The summed E-state index contributed by atoms with van der Waals surface area (Å²) in [5.41, 5.74) is 2.44. The van der Waals surface area contributed by atoms with E-state index in [4.69, 9.17) is 0 Å². The van der Waals surface area contributed by atoms with Crippen LogP contribution in [0.3, 0.4) is 0 Å². The van der Waals surface area contributed by atoms with Gasteiger partial charge in [-0.05, 0) is 80.2 Å². The van der Waals surface area contributed by atoms with Crippen LogP contribution in [0.1, 0.15) is 55.6 Å². The van der Waals surface area contributed by atoms with Crippen molar-refractivity contribution in [3.05, 3.63) is 53.0 Å². The highest BCUT2D eigenvalue weighted by Gasteiger charge is 2.49. The molecule has 5 nitrogen and oxygen atoms in total. The van der Waals surface area contributed by atoms with Crippen LogP contribution in [-0.4, -0.2) is 34.6 Å². The fourth-order valence-corrected chi connectivity index (χ4v) is 6.12. The van der Waals surface area contributed by atoms with Crippen molar-refractivity contribution < 1.29 is 14.0 Å². The van der Waals surface area contributed by atoms with E-state index in [1.54, 1.807) is 16.2 Å². The molecule has 1 aliphatic carbocycles. The van der Waals surface area contributed by atoms with Crippen molar-refractivity contribution in [3.63, 3.8) is 0 Å². The van der Waals surface area contributed by atoms with Gasteiger partial charge in [0, 0.05) is 11.7 Å². The number of anilines is 1. The van der Waals surface area contributed by atoms with E-state index in [1.807, 2.05) is 53.3 Å². The Labute approximate surface area is 197 Å². The van der Waals surface area contributed by atoms with Crippen LogP contribution in [0.4, 0.5) is 10.1 Å². The van der Waals surface area contributed by atoms with Crippen LogP contribution in [-0.2, 0) is 17.8 Å². The molecule has 1 N–H and O–H groups in total. The van der Waals surface area contributed by atoms with E-state index in [1.165, 1.54) is 5.56 Å². The SMILES string of the molecule is CCc1ccc(N2C(=O)c3cc4sccc4n3CC2(C)C(=O)NC2CCC(CF)CC2)cc1. The summed E-state index contributed by atoms with van der Waals surface area (Å²) < 4.78 is 16.1. The van der Waals surface area contributed by atoms with Crippen molar-refractivity contribution in [3.8, 4) is 0 Å². The lowest BCUT2D eigenvalue weighted by atomic mass is 9.86. The summed E-state index contributed by atoms with van der Waals surface area (Å²) in [6.45, 7) is 4.05. The molecule has 1 atom stereocenters. The summed E-state index contributed by atoms with van der Waals surface area (Å²) in [4.78, 5) is 29.3. The fourth-order valence-electron chi connectivity index (χ4n) is 5.30. The number of hydrogen-bond acceptors (Lipinski definition) is 3. The lowest BCUT2D eigenvalue weighted by molar-refractivity contribution is -0.127. The van der Waals surface area contributed by atoms with Crippen LogP contribution >= 0.6 is 11.3 Å². The van der Waals surface area contributed by atoms with E-state index in [9.17, 15) is 14.0 Å². The molecule has 1 fully saturated rings. The molecule has 2 aliphatic rings. The number of nitrogens with one attached hydrogen (secondary N) is 1. The number of aryl methyl sites for hydroxylation is 1. The van der Waals surface area contributed by atoms with Crippen LogP contribution in [0.25, 0.3) is 10.2 Å². The van der Waals surface area contributed by atoms with Crippen LogP contribution < -0.4 is 10.2 Å². The minimum absolute atomic E-state index is 0.0174. The molecule has 0 bridgehead atoms. The molecule has 0 spiro atoms. The third-order valence-electron chi connectivity index (χ3n) is 7.40. The number of halogens is 1. The van der Waals surface area contributed by atoms with Gasteiger partial charge in [-0.3, -0.25) is 18.9 Å². The molecule has 0 saturated heterocycles. The molecular formula is C26H30FN3O2S. The van der Waals surface area contributed by atoms with Crippen molar-refractivity contribution in [2.24, 2.45) is 5.92 Å². The van der Waals surface area contributed by atoms with Crippen LogP contribution in [0.15, 0.2) is 41.8 Å². The predicted molar refractivity (Wildman–Crippen MR) is 131 cm³/mol. The van der Waals surface area contributed by atoms with Gasteiger partial charge in [-0.1, -0.05) is 19.1 Å². The molecular weight excluding hydrogens is 437 g/mol. The topological polar surface area (TPSA) is 54.3 Å². The summed E-state index contributed by atoms with van der Waals surface area (Å²) in [6.07, 6.45) is 4.04. The Balaban J connectivity index is 1.52. The number of fused-ring (bicyclic) bond motifs is 3. The molecule has 3 aromatic rings. The van der Waals surface area contributed by atoms with Gasteiger partial charge in [0.15, 0.2) is 0 Å². The van der Waals surface area contributed by atoms with Crippen LogP contribution in [0.2, 0.25) is 0 Å². The lowest BCUT2D eigenvalue weighted by Gasteiger charge is -2.45. The molecule has 33 heavy (non-hydrogen) atoms. The first kappa shape index (κ1) is 22.1. The molecule has 1 unspecified atom stereocenters. The number of carbonyl (C=O) groups is 2. The summed E-state index contributed by atoms with van der Waals surface area (Å²) in [6, 6.07) is 11.9. The average molecular weight is 468 g/mol. The number of carbonyl (C=O) groups excluding carboxylic acids is 2. The van der Waals surface area contributed by atoms with Gasteiger partial charge in [-0.25, -0.2) is 0 Å². The van der Waals surface area contributed by atoms with Gasteiger partial charge in [0.1, 0.15) is 11.2 Å². The Morgan fingerprint density at radius 2 is 1.91 bits per heavy atom. The molecule has 0 radical (unpaired) electrons. The van der Waals surface area contributed by atoms with Gasteiger partial charge < -0.3 is 9.88 Å². The minimum Gasteiger partial charge on any atom is -0.351 e. The quantitative estimate of drug-likeness (QED) is 0.552. The monoisotopic (exact) mass is 467 g/mol. The van der Waals surface area contributed by atoms with Crippen LogP contribution in [0.5, 0.6) is 0 Å². The molecule has 5 rings (SSSR count). The van der Waals surface area contributed by atoms with E-state index in [2.05, 4.69) is 12.2 Å². The molecule has 2 aromatic heterocycles. The van der Waals surface area contributed by atoms with Crippen molar-refractivity contribution in [2.45, 2.75) is 64.1 Å². The van der Waals surface area contributed by atoms with Crippen LogP contribution in [0, 0.1) is 5.92 Å². The van der Waals surface area contributed by atoms with Gasteiger partial charge in [0.25, 0.3) is 5.91 Å². The Kier molecular flexibility index (Phi) is 5.77. The highest BCUT2D eigenvalue weighted by Crippen LogP contribution is 2.37. The first-order chi connectivity index (χ1) is 15.9. The van der Waals surface area contributed by atoms with Crippen molar-refractivity contribution in [2.75, 3.05) is 11.6 Å². The van der Waals surface area contributed by atoms with Crippen molar-refractivity contribution >= 4 is 39.1 Å². The Hall–Kier alpha value is -2.67. The second-order valence-corrected chi connectivity index (χ2v) is 10.5. The number of rotatable bonds is 5. The summed E-state index contributed by atoms with van der Waals surface area (Å²) in [5.74, 6) is -0.206. The third kappa shape index (κ3) is 3.76. The Bertz CT molecular complexity index is 1180. The maximum absolute atomic E-state index is 13.8.